The van der Waals surface area contributed by atoms with E-state index in [1.165, 1.54) is 5.56 Å². The Morgan fingerprint density at radius 3 is 2.40 bits per heavy atom. The van der Waals surface area contributed by atoms with Crippen molar-refractivity contribution in [3.05, 3.63) is 65.7 Å². The van der Waals surface area contributed by atoms with Crippen molar-refractivity contribution < 1.29 is 19.4 Å². The Morgan fingerprint density at radius 1 is 1.03 bits per heavy atom. The van der Waals surface area contributed by atoms with Crippen molar-refractivity contribution in [3.8, 4) is 5.75 Å². The van der Waals surface area contributed by atoms with Crippen LogP contribution in [-0.4, -0.2) is 72.4 Å². The zero-order chi connectivity index (χ0) is 20.9. The molecule has 6 heteroatoms. The average molecular weight is 411 g/mol. The van der Waals surface area contributed by atoms with Crippen LogP contribution in [0.2, 0.25) is 0 Å². The van der Waals surface area contributed by atoms with Gasteiger partial charge in [-0.1, -0.05) is 30.3 Å². The van der Waals surface area contributed by atoms with E-state index in [1.54, 1.807) is 36.3 Å². The molecule has 2 saturated heterocycles. The maximum Gasteiger partial charge on any atom is 0.254 e. The van der Waals surface area contributed by atoms with Gasteiger partial charge in [0.2, 0.25) is 0 Å². The quantitative estimate of drug-likeness (QED) is 0.793. The molecule has 2 heterocycles. The van der Waals surface area contributed by atoms with Crippen LogP contribution in [0.5, 0.6) is 5.75 Å². The Bertz CT molecular complexity index is 819. The fourth-order valence-corrected chi connectivity index (χ4v) is 4.37. The maximum atomic E-state index is 12.8. The lowest BCUT2D eigenvalue weighted by Crippen LogP contribution is -2.48. The molecule has 4 rings (SSSR count). The molecule has 2 aromatic carbocycles. The van der Waals surface area contributed by atoms with Gasteiger partial charge in [0.1, 0.15) is 5.75 Å². The lowest BCUT2D eigenvalue weighted by molar-refractivity contribution is -0.0212. The van der Waals surface area contributed by atoms with E-state index in [0.717, 1.165) is 31.7 Å². The summed E-state index contributed by atoms with van der Waals surface area (Å²) in [6.07, 6.45) is 1.62. The average Bonchev–Trinajstić information content (AvgIpc) is 3.20. The second-order valence-electron chi connectivity index (χ2n) is 8.11. The highest BCUT2D eigenvalue weighted by atomic mass is 16.5. The van der Waals surface area contributed by atoms with Gasteiger partial charge in [-0.25, -0.2) is 0 Å². The molecule has 0 unspecified atom stereocenters. The number of ether oxygens (including phenoxy) is 2. The van der Waals surface area contributed by atoms with Crippen LogP contribution in [0.4, 0.5) is 0 Å². The van der Waals surface area contributed by atoms with E-state index in [0.29, 0.717) is 25.3 Å². The summed E-state index contributed by atoms with van der Waals surface area (Å²) in [4.78, 5) is 16.9. The number of aliphatic hydroxyl groups excluding tert-OH is 1. The number of likely N-dealkylation sites (tertiary alicyclic amines) is 2. The summed E-state index contributed by atoms with van der Waals surface area (Å²) in [5.74, 6) is 0.684. The third-order valence-electron chi connectivity index (χ3n) is 6.16. The normalized spacial score (nSPS) is 22.9. The standard InChI is InChI=1S/C24H30N2O4/c1-29-20-9-7-19(8-10-20)24(28)26-15-22(23(27)16-26)25-13-11-21(12-14-25)30-17-18-5-3-2-4-6-18/h2-10,21-23,27H,11-17H2,1H3/t22-,23-/m1/s1. The van der Waals surface area contributed by atoms with Gasteiger partial charge in [-0.2, -0.15) is 0 Å². The number of rotatable bonds is 6. The van der Waals surface area contributed by atoms with Crippen molar-refractivity contribution in [3.63, 3.8) is 0 Å². The minimum absolute atomic E-state index is 0.0118. The largest absolute Gasteiger partial charge is 0.497 e. The molecule has 1 amide bonds. The number of carbonyl (C=O) groups is 1. The van der Waals surface area contributed by atoms with Crippen LogP contribution in [-0.2, 0) is 11.3 Å². The molecular weight excluding hydrogens is 380 g/mol. The number of hydrogen-bond acceptors (Lipinski definition) is 5. The minimum Gasteiger partial charge on any atom is -0.497 e. The van der Waals surface area contributed by atoms with Gasteiger partial charge < -0.3 is 19.5 Å². The summed E-state index contributed by atoms with van der Waals surface area (Å²) in [6, 6.07) is 17.3. The second kappa shape index (κ2) is 9.60. The molecule has 2 fully saturated rings. The summed E-state index contributed by atoms with van der Waals surface area (Å²) in [6.45, 7) is 3.33. The Balaban J connectivity index is 1.27. The van der Waals surface area contributed by atoms with E-state index in [9.17, 15) is 9.90 Å². The summed E-state index contributed by atoms with van der Waals surface area (Å²) in [5.41, 5.74) is 1.82. The minimum atomic E-state index is -0.519. The van der Waals surface area contributed by atoms with Crippen LogP contribution in [0, 0.1) is 0 Å². The topological polar surface area (TPSA) is 62.2 Å². The molecule has 2 atom stereocenters. The summed E-state index contributed by atoms with van der Waals surface area (Å²) < 4.78 is 11.2. The Hall–Kier alpha value is -2.41. The van der Waals surface area contributed by atoms with Crippen molar-refractivity contribution in [1.82, 2.24) is 9.80 Å². The summed E-state index contributed by atoms with van der Waals surface area (Å²) in [7, 11) is 1.61. The SMILES string of the molecule is COc1ccc(C(=O)N2C[C@@H](O)[C@H](N3CCC(OCc4ccccc4)CC3)C2)cc1. The lowest BCUT2D eigenvalue weighted by Gasteiger charge is -2.36. The number of β-amino-alcohol motifs (C(OH)–C–C–N with tert-alkyl or cyclic N) is 1. The van der Waals surface area contributed by atoms with Crippen molar-refractivity contribution in [2.24, 2.45) is 0 Å². The van der Waals surface area contributed by atoms with Gasteiger partial charge in [0.25, 0.3) is 5.91 Å². The molecule has 1 N–H and O–H groups in total. The van der Waals surface area contributed by atoms with Crippen LogP contribution in [0.3, 0.4) is 0 Å². The van der Waals surface area contributed by atoms with Crippen LogP contribution in [0.25, 0.3) is 0 Å². The highest BCUT2D eigenvalue weighted by Gasteiger charge is 2.39. The number of amides is 1. The van der Waals surface area contributed by atoms with E-state index in [4.69, 9.17) is 9.47 Å². The summed E-state index contributed by atoms with van der Waals surface area (Å²) in [5, 5.41) is 10.6. The van der Waals surface area contributed by atoms with Gasteiger partial charge in [0, 0.05) is 31.7 Å². The van der Waals surface area contributed by atoms with Gasteiger partial charge in [-0.15, -0.1) is 0 Å². The van der Waals surface area contributed by atoms with Gasteiger partial charge in [0.05, 0.1) is 32.0 Å². The molecule has 2 aliphatic rings. The molecule has 0 aliphatic carbocycles. The van der Waals surface area contributed by atoms with Crippen molar-refractivity contribution >= 4 is 5.91 Å². The van der Waals surface area contributed by atoms with E-state index in [-0.39, 0.29) is 18.1 Å². The number of piperidine rings is 1. The van der Waals surface area contributed by atoms with Gasteiger partial charge in [-0.05, 0) is 42.7 Å². The first kappa shape index (κ1) is 20.8. The van der Waals surface area contributed by atoms with Crippen molar-refractivity contribution in [2.75, 3.05) is 33.3 Å². The van der Waals surface area contributed by atoms with Crippen LogP contribution in [0.1, 0.15) is 28.8 Å². The van der Waals surface area contributed by atoms with E-state index in [1.807, 2.05) is 18.2 Å². The zero-order valence-electron chi connectivity index (χ0n) is 17.4. The van der Waals surface area contributed by atoms with Gasteiger partial charge in [-0.3, -0.25) is 9.69 Å². The van der Waals surface area contributed by atoms with Crippen LogP contribution in [0.15, 0.2) is 54.6 Å². The number of methoxy groups -OCH3 is 1. The fourth-order valence-electron chi connectivity index (χ4n) is 4.37. The van der Waals surface area contributed by atoms with Crippen LogP contribution >= 0.6 is 0 Å². The highest BCUT2D eigenvalue weighted by Crippen LogP contribution is 2.24. The molecule has 0 spiro atoms. The molecule has 0 bridgehead atoms. The lowest BCUT2D eigenvalue weighted by atomic mass is 10.0. The zero-order valence-corrected chi connectivity index (χ0v) is 17.4. The van der Waals surface area contributed by atoms with Gasteiger partial charge in [0.15, 0.2) is 0 Å². The number of hydrogen-bond donors (Lipinski definition) is 1. The predicted molar refractivity (Wildman–Crippen MR) is 115 cm³/mol. The molecule has 0 saturated carbocycles. The Labute approximate surface area is 178 Å². The molecule has 30 heavy (non-hydrogen) atoms. The smallest absolute Gasteiger partial charge is 0.254 e. The number of carbonyl (C=O) groups excluding carboxylic acids is 1. The molecule has 160 valence electrons. The Kier molecular flexibility index (Phi) is 6.67. The molecule has 0 radical (unpaired) electrons. The molecule has 2 aliphatic heterocycles. The Morgan fingerprint density at radius 2 is 1.73 bits per heavy atom. The van der Waals surface area contributed by atoms with Crippen molar-refractivity contribution in [2.45, 2.75) is 37.7 Å². The molecular formula is C24H30N2O4. The van der Waals surface area contributed by atoms with Crippen LogP contribution < -0.4 is 4.74 Å². The molecule has 0 aromatic heterocycles. The first-order valence-corrected chi connectivity index (χ1v) is 10.6. The highest BCUT2D eigenvalue weighted by molar-refractivity contribution is 5.94. The molecule has 6 nitrogen and oxygen atoms in total. The van der Waals surface area contributed by atoms with E-state index < -0.39 is 6.10 Å². The predicted octanol–water partition coefficient (Wildman–Crippen LogP) is 2.56. The third-order valence-corrected chi connectivity index (χ3v) is 6.16. The number of benzene rings is 2. The maximum absolute atomic E-state index is 12.8. The fraction of sp³-hybridized carbons (Fsp3) is 0.458. The first-order chi connectivity index (χ1) is 14.6. The third kappa shape index (κ3) is 4.83. The number of nitrogens with zero attached hydrogens (tertiary/aromatic N) is 2. The summed E-state index contributed by atoms with van der Waals surface area (Å²) >= 11 is 0. The molecule has 2 aromatic rings. The second-order valence-corrected chi connectivity index (χ2v) is 8.11. The first-order valence-electron chi connectivity index (χ1n) is 10.6. The van der Waals surface area contributed by atoms with Gasteiger partial charge >= 0.3 is 0 Å². The van der Waals surface area contributed by atoms with E-state index in [2.05, 4.69) is 17.0 Å². The number of aliphatic hydroxyl groups is 1. The van der Waals surface area contributed by atoms with E-state index >= 15 is 0 Å². The van der Waals surface area contributed by atoms with Crippen molar-refractivity contribution in [1.29, 1.82) is 0 Å². The monoisotopic (exact) mass is 410 g/mol.